The molecular formula is C12H14ClNS. The van der Waals surface area contributed by atoms with Gasteiger partial charge in [0.05, 0.1) is 5.02 Å². The van der Waals surface area contributed by atoms with Gasteiger partial charge in [-0.2, -0.15) is 0 Å². The fourth-order valence-corrected chi connectivity index (χ4v) is 2.98. The van der Waals surface area contributed by atoms with Crippen LogP contribution in [0.15, 0.2) is 23.6 Å². The molecular weight excluding hydrogens is 226 g/mol. The summed E-state index contributed by atoms with van der Waals surface area (Å²) in [6, 6.07) is 6.48. The first-order chi connectivity index (χ1) is 7.26. The lowest BCUT2D eigenvalue weighted by atomic mass is 10.2. The Morgan fingerprint density at radius 2 is 2.00 bits per heavy atom. The minimum atomic E-state index is 0.862. The molecule has 1 nitrogen and oxygen atoms in total. The van der Waals surface area contributed by atoms with Gasteiger partial charge in [0, 0.05) is 34.2 Å². The van der Waals surface area contributed by atoms with Crippen LogP contribution in [0.4, 0.5) is 5.69 Å². The van der Waals surface area contributed by atoms with E-state index < -0.39 is 0 Å². The van der Waals surface area contributed by atoms with Gasteiger partial charge < -0.3 is 4.90 Å². The van der Waals surface area contributed by atoms with Crippen molar-refractivity contribution in [1.29, 1.82) is 0 Å². The molecule has 0 spiro atoms. The third kappa shape index (κ3) is 1.97. The van der Waals surface area contributed by atoms with Gasteiger partial charge in [-0.1, -0.05) is 11.6 Å². The van der Waals surface area contributed by atoms with Crippen molar-refractivity contribution in [3.63, 3.8) is 0 Å². The summed E-state index contributed by atoms with van der Waals surface area (Å²) in [4.78, 5) is 2.34. The van der Waals surface area contributed by atoms with E-state index in [9.17, 15) is 0 Å². The van der Waals surface area contributed by atoms with Crippen molar-refractivity contribution < 1.29 is 0 Å². The zero-order chi connectivity index (χ0) is 10.8. The van der Waals surface area contributed by atoms with E-state index in [2.05, 4.69) is 36.9 Å². The van der Waals surface area contributed by atoms with Gasteiger partial charge in [-0.15, -0.1) is 11.3 Å². The zero-order valence-corrected chi connectivity index (χ0v) is 10.5. The summed E-state index contributed by atoms with van der Waals surface area (Å²) < 4.78 is 1.27. The highest BCUT2D eigenvalue weighted by Crippen LogP contribution is 2.32. The Labute approximate surface area is 99.3 Å². The number of fused-ring (bicyclic) bond motifs is 1. The summed E-state index contributed by atoms with van der Waals surface area (Å²) in [6.07, 6.45) is 0. The van der Waals surface area contributed by atoms with Gasteiger partial charge in [-0.3, -0.25) is 0 Å². The number of benzene rings is 1. The van der Waals surface area contributed by atoms with Gasteiger partial charge in [0.25, 0.3) is 0 Å². The number of halogens is 1. The summed E-state index contributed by atoms with van der Waals surface area (Å²) in [7, 11) is 0. The Morgan fingerprint density at radius 3 is 2.67 bits per heavy atom. The van der Waals surface area contributed by atoms with Gasteiger partial charge in [0.2, 0.25) is 0 Å². The van der Waals surface area contributed by atoms with E-state index in [0.29, 0.717) is 0 Å². The van der Waals surface area contributed by atoms with E-state index >= 15 is 0 Å². The predicted octanol–water partition coefficient (Wildman–Crippen LogP) is 4.40. The molecule has 0 saturated heterocycles. The first-order valence-electron chi connectivity index (χ1n) is 5.18. The van der Waals surface area contributed by atoms with Gasteiger partial charge in [0.15, 0.2) is 0 Å². The summed E-state index contributed by atoms with van der Waals surface area (Å²) in [5, 5.41) is 4.02. The van der Waals surface area contributed by atoms with Gasteiger partial charge in [-0.25, -0.2) is 0 Å². The van der Waals surface area contributed by atoms with Crippen molar-refractivity contribution in [2.24, 2.45) is 0 Å². The van der Waals surface area contributed by atoms with E-state index in [0.717, 1.165) is 23.5 Å². The van der Waals surface area contributed by atoms with Crippen LogP contribution in [0, 0.1) is 0 Å². The van der Waals surface area contributed by atoms with E-state index in [1.165, 1.54) is 10.4 Å². The molecule has 2 aromatic rings. The van der Waals surface area contributed by atoms with Crippen LogP contribution in [-0.2, 0) is 0 Å². The first kappa shape index (κ1) is 10.8. The number of anilines is 1. The zero-order valence-electron chi connectivity index (χ0n) is 8.96. The van der Waals surface area contributed by atoms with Crippen LogP contribution in [0.5, 0.6) is 0 Å². The topological polar surface area (TPSA) is 3.24 Å². The molecule has 0 fully saturated rings. The Balaban J connectivity index is 2.46. The highest BCUT2D eigenvalue weighted by Gasteiger charge is 2.05. The lowest BCUT2D eigenvalue weighted by molar-refractivity contribution is 0.867. The van der Waals surface area contributed by atoms with Crippen LogP contribution >= 0.6 is 22.9 Å². The monoisotopic (exact) mass is 239 g/mol. The molecule has 80 valence electrons. The molecule has 2 rings (SSSR count). The second-order valence-corrected chi connectivity index (χ2v) is 4.75. The largest absolute Gasteiger partial charge is 0.372 e. The Morgan fingerprint density at radius 1 is 1.27 bits per heavy atom. The Bertz CT molecular complexity index is 460. The van der Waals surface area contributed by atoms with Gasteiger partial charge in [0.1, 0.15) is 0 Å². The smallest absolute Gasteiger partial charge is 0.0591 e. The summed E-state index contributed by atoms with van der Waals surface area (Å²) in [5.41, 5.74) is 1.28. The molecule has 1 aromatic carbocycles. The second kappa shape index (κ2) is 4.42. The SMILES string of the molecule is CCN(CC)c1ccc2c(Cl)csc2c1. The first-order valence-corrected chi connectivity index (χ1v) is 6.43. The fourth-order valence-electron chi connectivity index (χ4n) is 1.77. The second-order valence-electron chi connectivity index (χ2n) is 3.44. The molecule has 0 radical (unpaired) electrons. The van der Waals surface area contributed by atoms with Crippen molar-refractivity contribution in [2.45, 2.75) is 13.8 Å². The average molecular weight is 240 g/mol. The van der Waals surface area contributed by atoms with Crippen molar-refractivity contribution in [3.05, 3.63) is 28.6 Å². The molecule has 15 heavy (non-hydrogen) atoms. The van der Waals surface area contributed by atoms with Crippen LogP contribution in [0.3, 0.4) is 0 Å². The van der Waals surface area contributed by atoms with Gasteiger partial charge >= 0.3 is 0 Å². The normalized spacial score (nSPS) is 10.9. The molecule has 0 aliphatic heterocycles. The average Bonchev–Trinajstić information content (AvgIpc) is 2.62. The number of thiophene rings is 1. The van der Waals surface area contributed by atoms with Crippen molar-refractivity contribution in [1.82, 2.24) is 0 Å². The standard InChI is InChI=1S/C12H14ClNS/c1-3-14(4-2)9-5-6-10-11(13)8-15-12(10)7-9/h5-8H,3-4H2,1-2H3. The van der Waals surface area contributed by atoms with Crippen molar-refractivity contribution in [2.75, 3.05) is 18.0 Å². The molecule has 1 heterocycles. The van der Waals surface area contributed by atoms with Crippen molar-refractivity contribution >= 4 is 38.7 Å². The summed E-state index contributed by atoms with van der Waals surface area (Å²) in [6.45, 7) is 6.44. The van der Waals surface area contributed by atoms with E-state index in [-0.39, 0.29) is 0 Å². The molecule has 3 heteroatoms. The highest BCUT2D eigenvalue weighted by atomic mass is 35.5. The highest BCUT2D eigenvalue weighted by molar-refractivity contribution is 7.17. The molecule has 0 N–H and O–H groups in total. The Kier molecular flexibility index (Phi) is 3.17. The quantitative estimate of drug-likeness (QED) is 0.767. The molecule has 0 aliphatic carbocycles. The molecule has 0 aliphatic rings. The maximum absolute atomic E-state index is 6.07. The van der Waals surface area contributed by atoms with Crippen LogP contribution in [0.1, 0.15) is 13.8 Å². The van der Waals surface area contributed by atoms with E-state index in [4.69, 9.17) is 11.6 Å². The van der Waals surface area contributed by atoms with E-state index in [1.807, 2.05) is 5.38 Å². The minimum absolute atomic E-state index is 0.862. The molecule has 0 amide bonds. The van der Waals surface area contributed by atoms with Crippen LogP contribution in [0.25, 0.3) is 10.1 Å². The van der Waals surface area contributed by atoms with Crippen LogP contribution in [0.2, 0.25) is 5.02 Å². The third-order valence-electron chi connectivity index (χ3n) is 2.64. The molecule has 0 unspecified atom stereocenters. The van der Waals surface area contributed by atoms with Gasteiger partial charge in [-0.05, 0) is 32.0 Å². The van der Waals surface area contributed by atoms with E-state index in [1.54, 1.807) is 11.3 Å². The summed E-state index contributed by atoms with van der Waals surface area (Å²) >= 11 is 7.78. The fraction of sp³-hybridized carbons (Fsp3) is 0.333. The molecule has 0 bridgehead atoms. The maximum atomic E-state index is 6.07. The third-order valence-corrected chi connectivity index (χ3v) is 4.03. The lowest BCUT2D eigenvalue weighted by Crippen LogP contribution is -2.21. The minimum Gasteiger partial charge on any atom is -0.372 e. The molecule has 0 saturated carbocycles. The van der Waals surface area contributed by atoms with Crippen molar-refractivity contribution in [3.8, 4) is 0 Å². The number of rotatable bonds is 3. The van der Waals surface area contributed by atoms with Crippen LogP contribution < -0.4 is 4.90 Å². The number of hydrogen-bond acceptors (Lipinski definition) is 2. The van der Waals surface area contributed by atoms with Crippen LogP contribution in [-0.4, -0.2) is 13.1 Å². The molecule has 0 atom stereocenters. The molecule has 1 aromatic heterocycles. The Hall–Kier alpha value is -0.730. The lowest BCUT2D eigenvalue weighted by Gasteiger charge is -2.20. The summed E-state index contributed by atoms with van der Waals surface area (Å²) in [5.74, 6) is 0. The maximum Gasteiger partial charge on any atom is 0.0591 e. The number of nitrogens with zero attached hydrogens (tertiary/aromatic N) is 1. The predicted molar refractivity (Wildman–Crippen MR) is 70.4 cm³/mol. The number of hydrogen-bond donors (Lipinski definition) is 0.